The van der Waals surface area contributed by atoms with Crippen LogP contribution in [0.25, 0.3) is 11.1 Å². The Morgan fingerprint density at radius 2 is 1.67 bits per heavy atom. The van der Waals surface area contributed by atoms with E-state index < -0.39 is 0 Å². The molecule has 1 saturated heterocycles. The minimum atomic E-state index is -0.298. The molecule has 5 rings (SSSR count). The Kier molecular flexibility index (Phi) is 4.58. The third kappa shape index (κ3) is 2.98. The lowest BCUT2D eigenvalue weighted by Gasteiger charge is -2.35. The summed E-state index contributed by atoms with van der Waals surface area (Å²) in [5.74, 6) is 0.698. The van der Waals surface area contributed by atoms with Crippen LogP contribution in [0.3, 0.4) is 0 Å². The smallest absolute Gasteiger partial charge is 0.254 e. The Hall–Kier alpha value is -3.47. The number of benzene rings is 2. The molecule has 1 aromatic heterocycles. The van der Waals surface area contributed by atoms with Gasteiger partial charge in [-0.25, -0.2) is 4.98 Å². The summed E-state index contributed by atoms with van der Waals surface area (Å²) < 4.78 is 0. The highest BCUT2D eigenvalue weighted by Gasteiger charge is 2.33. The van der Waals surface area contributed by atoms with Gasteiger partial charge in [-0.1, -0.05) is 42.5 Å². The maximum Gasteiger partial charge on any atom is 0.254 e. The van der Waals surface area contributed by atoms with Crippen molar-refractivity contribution in [2.45, 2.75) is 12.8 Å². The molecule has 1 aliphatic carbocycles. The number of fused-ring (bicyclic) bond motifs is 3. The fraction of sp³-hybridized carbons (Fsp3) is 0.240. The van der Waals surface area contributed by atoms with Crippen molar-refractivity contribution in [2.24, 2.45) is 0 Å². The number of pyridine rings is 1. The fourth-order valence-electron chi connectivity index (χ4n) is 4.63. The van der Waals surface area contributed by atoms with Gasteiger partial charge in [0.15, 0.2) is 0 Å². The minimum Gasteiger partial charge on any atom is -0.353 e. The third-order valence-corrected chi connectivity index (χ3v) is 6.13. The van der Waals surface area contributed by atoms with E-state index in [1.54, 1.807) is 0 Å². The minimum absolute atomic E-state index is 0.0325. The molecule has 2 aliphatic rings. The van der Waals surface area contributed by atoms with Gasteiger partial charge in [-0.2, -0.15) is 0 Å². The summed E-state index contributed by atoms with van der Waals surface area (Å²) in [6.07, 6.45) is 0.979. The van der Waals surface area contributed by atoms with E-state index in [0.29, 0.717) is 18.7 Å². The summed E-state index contributed by atoms with van der Waals surface area (Å²) in [5.41, 5.74) is 5.51. The van der Waals surface area contributed by atoms with E-state index in [4.69, 9.17) is 0 Å². The number of nitrogens with zero attached hydrogens (tertiary/aromatic N) is 3. The number of amides is 1. The van der Waals surface area contributed by atoms with E-state index in [2.05, 4.69) is 9.88 Å². The molecule has 1 unspecified atom stereocenters. The maximum atomic E-state index is 13.5. The van der Waals surface area contributed by atoms with Crippen LogP contribution in [0, 0.1) is 6.92 Å². The first-order valence-corrected chi connectivity index (χ1v) is 10.3. The van der Waals surface area contributed by atoms with Crippen LogP contribution in [0.5, 0.6) is 0 Å². The number of aryl methyl sites for hydroxylation is 1. The molecule has 1 atom stereocenters. The summed E-state index contributed by atoms with van der Waals surface area (Å²) >= 11 is 0. The number of anilines is 1. The zero-order valence-corrected chi connectivity index (χ0v) is 16.9. The average molecular weight is 397 g/mol. The first-order chi connectivity index (χ1) is 14.7. The van der Waals surface area contributed by atoms with E-state index >= 15 is 0 Å². The predicted octanol–water partition coefficient (Wildman–Crippen LogP) is 3.66. The van der Waals surface area contributed by atoms with Crippen LogP contribution in [-0.2, 0) is 4.79 Å². The molecule has 30 heavy (non-hydrogen) atoms. The van der Waals surface area contributed by atoms with Crippen LogP contribution in [0.2, 0.25) is 0 Å². The van der Waals surface area contributed by atoms with Crippen molar-refractivity contribution in [3.63, 3.8) is 0 Å². The second kappa shape index (κ2) is 7.41. The number of aldehydes is 1. The van der Waals surface area contributed by atoms with Gasteiger partial charge in [0.1, 0.15) is 12.1 Å². The monoisotopic (exact) mass is 397 g/mol. The molecule has 2 aromatic carbocycles. The molecule has 3 aromatic rings. The molecular formula is C25H23N3O2. The molecule has 0 N–H and O–H groups in total. The van der Waals surface area contributed by atoms with Crippen molar-refractivity contribution in [1.82, 2.24) is 9.88 Å². The zero-order chi connectivity index (χ0) is 20.7. The lowest BCUT2D eigenvalue weighted by Crippen LogP contribution is -2.49. The quantitative estimate of drug-likeness (QED) is 0.633. The Bertz CT molecular complexity index is 1130. The largest absolute Gasteiger partial charge is 0.353 e. The van der Waals surface area contributed by atoms with Gasteiger partial charge in [-0.3, -0.25) is 4.79 Å². The molecule has 1 fully saturated rings. The summed E-state index contributed by atoms with van der Waals surface area (Å²) in [4.78, 5) is 34.0. The normalized spacial score (nSPS) is 17.4. The molecule has 1 aliphatic heterocycles. The maximum absolute atomic E-state index is 13.5. The van der Waals surface area contributed by atoms with Crippen molar-refractivity contribution in [1.29, 1.82) is 0 Å². The van der Waals surface area contributed by atoms with Gasteiger partial charge in [0.25, 0.3) is 5.91 Å². The lowest BCUT2D eigenvalue weighted by molar-refractivity contribution is -0.108. The number of carbonyl (C=O) groups excluding carboxylic acids is 2. The van der Waals surface area contributed by atoms with Gasteiger partial charge < -0.3 is 14.6 Å². The van der Waals surface area contributed by atoms with Crippen LogP contribution in [0.4, 0.5) is 5.82 Å². The topological polar surface area (TPSA) is 53.5 Å². The highest BCUT2D eigenvalue weighted by atomic mass is 16.2. The van der Waals surface area contributed by atoms with Crippen LogP contribution in [0.15, 0.2) is 60.7 Å². The van der Waals surface area contributed by atoms with Crippen molar-refractivity contribution in [2.75, 3.05) is 31.1 Å². The number of carbonyl (C=O) groups is 2. The van der Waals surface area contributed by atoms with Crippen molar-refractivity contribution in [3.05, 3.63) is 83.0 Å². The van der Waals surface area contributed by atoms with Gasteiger partial charge in [0, 0.05) is 37.4 Å². The van der Waals surface area contributed by atoms with E-state index in [0.717, 1.165) is 53.1 Å². The molecule has 5 nitrogen and oxygen atoms in total. The van der Waals surface area contributed by atoms with E-state index in [-0.39, 0.29) is 11.8 Å². The number of hydrogen-bond donors (Lipinski definition) is 0. The van der Waals surface area contributed by atoms with Crippen LogP contribution in [0.1, 0.15) is 33.1 Å². The highest BCUT2D eigenvalue weighted by Crippen LogP contribution is 2.45. The molecule has 150 valence electrons. The number of piperazine rings is 1. The summed E-state index contributed by atoms with van der Waals surface area (Å²) in [7, 11) is 0. The lowest BCUT2D eigenvalue weighted by atomic mass is 9.96. The summed E-state index contributed by atoms with van der Waals surface area (Å²) in [6, 6.07) is 19.7. The standard InChI is InChI=1S/C25H23N3O2/c1-17-6-4-11-23(26-17)27-12-14-28(15-13-27)25(30)21-10-5-9-20-22(16-29)18-7-2-3-8-19(18)24(20)21/h2-11,16,22H,12-15H2,1H3. The Balaban J connectivity index is 1.42. The number of rotatable bonds is 3. The Labute approximate surface area is 176 Å². The van der Waals surface area contributed by atoms with Crippen molar-refractivity contribution in [3.8, 4) is 11.1 Å². The van der Waals surface area contributed by atoms with Gasteiger partial charge >= 0.3 is 0 Å². The predicted molar refractivity (Wildman–Crippen MR) is 117 cm³/mol. The van der Waals surface area contributed by atoms with Gasteiger partial charge in [-0.05, 0) is 47.4 Å². The molecule has 0 bridgehead atoms. The van der Waals surface area contributed by atoms with E-state index in [1.807, 2.05) is 72.5 Å². The first-order valence-electron chi connectivity index (χ1n) is 10.3. The molecule has 5 heteroatoms. The second-order valence-corrected chi connectivity index (χ2v) is 7.89. The number of aromatic nitrogens is 1. The van der Waals surface area contributed by atoms with Crippen molar-refractivity contribution >= 4 is 18.0 Å². The molecule has 0 radical (unpaired) electrons. The van der Waals surface area contributed by atoms with Crippen LogP contribution in [-0.4, -0.2) is 48.3 Å². The zero-order valence-electron chi connectivity index (χ0n) is 16.9. The van der Waals surface area contributed by atoms with Crippen LogP contribution < -0.4 is 4.90 Å². The average Bonchev–Trinajstić information content (AvgIpc) is 3.12. The molecule has 0 spiro atoms. The van der Waals surface area contributed by atoms with Crippen molar-refractivity contribution < 1.29 is 9.59 Å². The SMILES string of the molecule is Cc1cccc(N2CCN(C(=O)c3cccc4c3-c3ccccc3C4C=O)CC2)n1. The molecule has 2 heterocycles. The van der Waals surface area contributed by atoms with Gasteiger partial charge in [0.2, 0.25) is 0 Å². The third-order valence-electron chi connectivity index (χ3n) is 6.13. The first kappa shape index (κ1) is 18.6. The summed E-state index contributed by atoms with van der Waals surface area (Å²) in [5, 5.41) is 0. The number of hydrogen-bond acceptors (Lipinski definition) is 4. The second-order valence-electron chi connectivity index (χ2n) is 7.89. The van der Waals surface area contributed by atoms with E-state index in [9.17, 15) is 9.59 Å². The fourth-order valence-corrected chi connectivity index (χ4v) is 4.63. The van der Waals surface area contributed by atoms with Gasteiger partial charge in [-0.15, -0.1) is 0 Å². The highest BCUT2D eigenvalue weighted by molar-refractivity contribution is 6.05. The Morgan fingerprint density at radius 3 is 2.43 bits per heavy atom. The molecule has 0 saturated carbocycles. The molecular weight excluding hydrogens is 374 g/mol. The van der Waals surface area contributed by atoms with E-state index in [1.165, 1.54) is 0 Å². The van der Waals surface area contributed by atoms with Gasteiger partial charge in [0.05, 0.1) is 5.92 Å². The molecule has 1 amide bonds. The summed E-state index contributed by atoms with van der Waals surface area (Å²) in [6.45, 7) is 4.80. The van der Waals surface area contributed by atoms with Crippen LogP contribution >= 0.6 is 0 Å². The Morgan fingerprint density at radius 1 is 0.933 bits per heavy atom.